The maximum atomic E-state index is 9.21. The minimum atomic E-state index is 0.182. The Bertz CT molecular complexity index is 386. The Kier molecular flexibility index (Phi) is 3.69. The van der Waals surface area contributed by atoms with E-state index in [1.54, 1.807) is 7.11 Å². The zero-order valence-corrected chi connectivity index (χ0v) is 10.6. The highest BCUT2D eigenvalue weighted by Gasteiger charge is 2.41. The maximum absolute atomic E-state index is 9.21. The Hall–Kier alpha value is -1.06. The minimum Gasteiger partial charge on any atom is -0.496 e. The van der Waals surface area contributed by atoms with Crippen LogP contribution in [0.15, 0.2) is 18.2 Å². The summed E-state index contributed by atoms with van der Waals surface area (Å²) in [5.74, 6) is 0.933. The third-order valence-electron chi connectivity index (χ3n) is 3.58. The largest absolute Gasteiger partial charge is 0.496 e. The summed E-state index contributed by atoms with van der Waals surface area (Å²) < 4.78 is 5.23. The fraction of sp³-hybridized carbons (Fsp3) is 0.571. The molecule has 0 atom stereocenters. The van der Waals surface area contributed by atoms with Gasteiger partial charge in [-0.3, -0.25) is 0 Å². The molecule has 3 heteroatoms. The fourth-order valence-electron chi connectivity index (χ4n) is 2.09. The molecule has 0 radical (unpaired) electrons. The summed E-state index contributed by atoms with van der Waals surface area (Å²) in [6.07, 6.45) is 2.30. The van der Waals surface area contributed by atoms with Crippen LogP contribution in [-0.2, 0) is 6.54 Å². The van der Waals surface area contributed by atoms with Crippen LogP contribution in [0, 0.1) is 12.3 Å². The molecule has 1 fully saturated rings. The Morgan fingerprint density at radius 3 is 2.71 bits per heavy atom. The van der Waals surface area contributed by atoms with Gasteiger partial charge in [-0.2, -0.15) is 0 Å². The smallest absolute Gasteiger partial charge is 0.121 e. The van der Waals surface area contributed by atoms with Gasteiger partial charge in [-0.05, 0) is 37.0 Å². The molecule has 2 N–H and O–H groups in total. The van der Waals surface area contributed by atoms with Crippen molar-refractivity contribution in [1.82, 2.24) is 5.32 Å². The molecule has 0 amide bonds. The molecule has 1 aliphatic carbocycles. The van der Waals surface area contributed by atoms with E-state index in [2.05, 4.69) is 24.4 Å². The van der Waals surface area contributed by atoms with Crippen LogP contribution in [-0.4, -0.2) is 25.4 Å². The second kappa shape index (κ2) is 5.07. The summed E-state index contributed by atoms with van der Waals surface area (Å²) in [4.78, 5) is 0. The molecule has 1 aromatic rings. The van der Waals surface area contributed by atoms with E-state index in [0.717, 1.165) is 37.2 Å². The van der Waals surface area contributed by atoms with Crippen molar-refractivity contribution in [2.75, 3.05) is 20.3 Å². The average Bonchev–Trinajstić information content (AvgIpc) is 3.10. The lowest BCUT2D eigenvalue weighted by atomic mass is 10.1. The molecule has 17 heavy (non-hydrogen) atoms. The number of rotatable bonds is 6. The van der Waals surface area contributed by atoms with Gasteiger partial charge in [-0.15, -0.1) is 0 Å². The number of methoxy groups -OCH3 is 1. The minimum absolute atomic E-state index is 0.182. The van der Waals surface area contributed by atoms with Gasteiger partial charge in [0.15, 0.2) is 0 Å². The summed E-state index contributed by atoms with van der Waals surface area (Å²) >= 11 is 0. The SMILES string of the molecule is COc1ccc(CNCC2(CO)CC2)cc1C. The molecule has 0 bridgehead atoms. The Labute approximate surface area is 103 Å². The molecule has 0 saturated heterocycles. The quantitative estimate of drug-likeness (QED) is 0.791. The van der Waals surface area contributed by atoms with Gasteiger partial charge in [-0.1, -0.05) is 12.1 Å². The number of hydrogen-bond donors (Lipinski definition) is 2. The predicted octanol–water partition coefficient (Wildman–Crippen LogP) is 1.87. The summed E-state index contributed by atoms with van der Waals surface area (Å²) in [6.45, 7) is 4.13. The van der Waals surface area contributed by atoms with Gasteiger partial charge in [0, 0.05) is 25.1 Å². The first kappa shape index (κ1) is 12.4. The van der Waals surface area contributed by atoms with Crippen molar-refractivity contribution in [3.8, 4) is 5.75 Å². The molecule has 3 nitrogen and oxygen atoms in total. The van der Waals surface area contributed by atoms with Crippen LogP contribution in [0.5, 0.6) is 5.75 Å². The fourth-order valence-corrected chi connectivity index (χ4v) is 2.09. The molecule has 0 aliphatic heterocycles. The molecule has 0 heterocycles. The van der Waals surface area contributed by atoms with Crippen LogP contribution in [0.25, 0.3) is 0 Å². The number of aliphatic hydroxyl groups excluding tert-OH is 1. The first-order valence-electron chi connectivity index (χ1n) is 6.14. The Morgan fingerprint density at radius 1 is 1.41 bits per heavy atom. The van der Waals surface area contributed by atoms with E-state index in [1.807, 2.05) is 6.07 Å². The highest BCUT2D eigenvalue weighted by atomic mass is 16.5. The lowest BCUT2D eigenvalue weighted by Crippen LogP contribution is -2.26. The van der Waals surface area contributed by atoms with E-state index < -0.39 is 0 Å². The molecule has 94 valence electrons. The average molecular weight is 235 g/mol. The second-order valence-corrected chi connectivity index (χ2v) is 5.07. The monoisotopic (exact) mass is 235 g/mol. The Morgan fingerprint density at radius 2 is 2.18 bits per heavy atom. The molecule has 0 spiro atoms. The van der Waals surface area contributed by atoms with Crippen LogP contribution in [0.4, 0.5) is 0 Å². The zero-order valence-electron chi connectivity index (χ0n) is 10.6. The van der Waals surface area contributed by atoms with Gasteiger partial charge >= 0.3 is 0 Å². The third-order valence-corrected chi connectivity index (χ3v) is 3.58. The normalized spacial score (nSPS) is 16.9. The topological polar surface area (TPSA) is 41.5 Å². The number of benzene rings is 1. The predicted molar refractivity (Wildman–Crippen MR) is 68.2 cm³/mol. The van der Waals surface area contributed by atoms with Crippen molar-refractivity contribution in [2.24, 2.45) is 5.41 Å². The van der Waals surface area contributed by atoms with Gasteiger partial charge in [0.2, 0.25) is 0 Å². The van der Waals surface area contributed by atoms with E-state index in [0.29, 0.717) is 6.61 Å². The van der Waals surface area contributed by atoms with Gasteiger partial charge in [0.05, 0.1) is 7.11 Å². The Balaban J connectivity index is 1.85. The van der Waals surface area contributed by atoms with Gasteiger partial charge in [0.25, 0.3) is 0 Å². The lowest BCUT2D eigenvalue weighted by Gasteiger charge is -2.13. The highest BCUT2D eigenvalue weighted by Crippen LogP contribution is 2.44. The van der Waals surface area contributed by atoms with Crippen LogP contribution in [0.2, 0.25) is 0 Å². The van der Waals surface area contributed by atoms with E-state index >= 15 is 0 Å². The van der Waals surface area contributed by atoms with Crippen molar-refractivity contribution < 1.29 is 9.84 Å². The molecule has 0 aromatic heterocycles. The van der Waals surface area contributed by atoms with Crippen LogP contribution in [0.3, 0.4) is 0 Å². The van der Waals surface area contributed by atoms with Gasteiger partial charge < -0.3 is 15.2 Å². The van der Waals surface area contributed by atoms with E-state index in [1.165, 1.54) is 5.56 Å². The highest BCUT2D eigenvalue weighted by molar-refractivity contribution is 5.36. The standard InChI is InChI=1S/C14H21NO2/c1-11-7-12(3-4-13(11)17-2)8-15-9-14(10-16)5-6-14/h3-4,7,15-16H,5-6,8-10H2,1-2H3. The first-order valence-corrected chi connectivity index (χ1v) is 6.14. The second-order valence-electron chi connectivity index (χ2n) is 5.07. The van der Waals surface area contributed by atoms with Crippen molar-refractivity contribution in [2.45, 2.75) is 26.3 Å². The summed E-state index contributed by atoms with van der Waals surface area (Å²) in [5.41, 5.74) is 2.61. The van der Waals surface area contributed by atoms with Gasteiger partial charge in [-0.25, -0.2) is 0 Å². The number of hydrogen-bond acceptors (Lipinski definition) is 3. The van der Waals surface area contributed by atoms with Gasteiger partial charge in [0.1, 0.15) is 5.75 Å². The number of ether oxygens (including phenoxy) is 1. The number of nitrogens with one attached hydrogen (secondary N) is 1. The van der Waals surface area contributed by atoms with Crippen LogP contribution < -0.4 is 10.1 Å². The van der Waals surface area contributed by atoms with E-state index in [9.17, 15) is 5.11 Å². The van der Waals surface area contributed by atoms with E-state index in [4.69, 9.17) is 4.74 Å². The molecular weight excluding hydrogens is 214 g/mol. The molecular formula is C14H21NO2. The third kappa shape index (κ3) is 2.99. The summed E-state index contributed by atoms with van der Waals surface area (Å²) in [6, 6.07) is 6.23. The van der Waals surface area contributed by atoms with Crippen molar-refractivity contribution in [3.05, 3.63) is 29.3 Å². The number of aryl methyl sites for hydroxylation is 1. The molecule has 0 unspecified atom stereocenters. The lowest BCUT2D eigenvalue weighted by molar-refractivity contribution is 0.207. The van der Waals surface area contributed by atoms with Crippen molar-refractivity contribution in [1.29, 1.82) is 0 Å². The maximum Gasteiger partial charge on any atom is 0.121 e. The van der Waals surface area contributed by atoms with Crippen molar-refractivity contribution >= 4 is 0 Å². The molecule has 2 rings (SSSR count). The molecule has 1 aliphatic rings. The zero-order chi connectivity index (χ0) is 12.3. The number of aliphatic hydroxyl groups is 1. The van der Waals surface area contributed by atoms with Crippen molar-refractivity contribution in [3.63, 3.8) is 0 Å². The summed E-state index contributed by atoms with van der Waals surface area (Å²) in [7, 11) is 1.69. The van der Waals surface area contributed by atoms with E-state index in [-0.39, 0.29) is 5.41 Å². The van der Waals surface area contributed by atoms with Crippen LogP contribution >= 0.6 is 0 Å². The van der Waals surface area contributed by atoms with Crippen LogP contribution in [0.1, 0.15) is 24.0 Å². The molecule has 1 aromatic carbocycles. The first-order chi connectivity index (χ1) is 8.19. The molecule has 1 saturated carbocycles. The summed E-state index contributed by atoms with van der Waals surface area (Å²) in [5, 5.41) is 12.6.